The molecule has 0 radical (unpaired) electrons. The summed E-state index contributed by atoms with van der Waals surface area (Å²) in [5.41, 5.74) is 4.29. The van der Waals surface area contributed by atoms with E-state index in [2.05, 4.69) is 10.6 Å². The maximum Gasteiger partial charge on any atom is 0.323 e. The van der Waals surface area contributed by atoms with Crippen LogP contribution in [0.25, 0.3) is 0 Å². The van der Waals surface area contributed by atoms with Crippen LogP contribution in [0.4, 0.5) is 16.2 Å². The van der Waals surface area contributed by atoms with Crippen molar-refractivity contribution in [2.75, 3.05) is 10.6 Å². The molecule has 0 saturated carbocycles. The standard InChI is InChI=1S/C17H15ClN2O2/c1-10-6-13(4-5-16(10)18)19-17(22)20-14-3-2-11-8-15(21)9-12(11)7-14/h2-7H,8-9H2,1H3,(H2,19,20,22). The van der Waals surface area contributed by atoms with Crippen molar-refractivity contribution in [3.05, 3.63) is 58.1 Å². The number of amides is 2. The highest BCUT2D eigenvalue weighted by atomic mass is 35.5. The summed E-state index contributed by atoms with van der Waals surface area (Å²) in [6, 6.07) is 10.5. The molecule has 0 bridgehead atoms. The predicted octanol–water partition coefficient (Wildman–Crippen LogP) is 3.96. The Morgan fingerprint density at radius 3 is 2.36 bits per heavy atom. The van der Waals surface area contributed by atoms with E-state index in [1.807, 2.05) is 31.2 Å². The molecule has 0 atom stereocenters. The van der Waals surface area contributed by atoms with Gasteiger partial charge in [0.15, 0.2) is 0 Å². The first-order valence-corrected chi connectivity index (χ1v) is 7.37. The molecule has 2 N–H and O–H groups in total. The average Bonchev–Trinajstić information content (AvgIpc) is 2.82. The van der Waals surface area contributed by atoms with Gasteiger partial charge in [0.1, 0.15) is 5.78 Å². The van der Waals surface area contributed by atoms with Crippen LogP contribution in [0.2, 0.25) is 5.02 Å². The van der Waals surface area contributed by atoms with Gasteiger partial charge in [0, 0.05) is 29.2 Å². The number of carbonyl (C=O) groups excluding carboxylic acids is 2. The van der Waals surface area contributed by atoms with Crippen molar-refractivity contribution in [1.82, 2.24) is 0 Å². The van der Waals surface area contributed by atoms with Gasteiger partial charge < -0.3 is 10.6 Å². The molecule has 3 rings (SSSR count). The van der Waals surface area contributed by atoms with E-state index < -0.39 is 0 Å². The first-order valence-electron chi connectivity index (χ1n) is 6.99. The van der Waals surface area contributed by atoms with Crippen molar-refractivity contribution in [3.63, 3.8) is 0 Å². The zero-order chi connectivity index (χ0) is 15.7. The highest BCUT2D eigenvalue weighted by Crippen LogP contribution is 2.24. The predicted molar refractivity (Wildman–Crippen MR) is 87.7 cm³/mol. The maximum absolute atomic E-state index is 12.0. The van der Waals surface area contributed by atoms with Crippen LogP contribution in [0.3, 0.4) is 0 Å². The molecule has 2 amide bonds. The van der Waals surface area contributed by atoms with Gasteiger partial charge in [-0.05, 0) is 53.9 Å². The molecule has 1 aliphatic rings. The highest BCUT2D eigenvalue weighted by molar-refractivity contribution is 6.31. The number of fused-ring (bicyclic) bond motifs is 1. The quantitative estimate of drug-likeness (QED) is 0.881. The first-order chi connectivity index (χ1) is 10.5. The number of ketones is 1. The van der Waals surface area contributed by atoms with Gasteiger partial charge in [-0.2, -0.15) is 0 Å². The lowest BCUT2D eigenvalue weighted by atomic mass is 10.1. The Morgan fingerprint density at radius 1 is 1.00 bits per heavy atom. The van der Waals surface area contributed by atoms with Crippen molar-refractivity contribution < 1.29 is 9.59 Å². The second-order valence-electron chi connectivity index (χ2n) is 5.42. The van der Waals surface area contributed by atoms with Gasteiger partial charge in [0.2, 0.25) is 0 Å². The Morgan fingerprint density at radius 2 is 1.64 bits per heavy atom. The molecule has 0 aromatic heterocycles. The van der Waals surface area contributed by atoms with E-state index in [9.17, 15) is 9.59 Å². The molecule has 1 aliphatic carbocycles. The molecule has 2 aromatic rings. The number of carbonyl (C=O) groups is 2. The summed E-state index contributed by atoms with van der Waals surface area (Å²) in [7, 11) is 0. The van der Waals surface area contributed by atoms with Crippen LogP contribution in [0.1, 0.15) is 16.7 Å². The van der Waals surface area contributed by atoms with Gasteiger partial charge in [-0.1, -0.05) is 17.7 Å². The largest absolute Gasteiger partial charge is 0.323 e. The van der Waals surface area contributed by atoms with Crippen LogP contribution >= 0.6 is 11.6 Å². The highest BCUT2D eigenvalue weighted by Gasteiger charge is 2.18. The number of Topliss-reactive ketones (excluding diaryl/α,β-unsaturated/α-hetero) is 1. The molecular formula is C17H15ClN2O2. The van der Waals surface area contributed by atoms with Gasteiger partial charge >= 0.3 is 6.03 Å². The molecule has 0 spiro atoms. The van der Waals surface area contributed by atoms with Crippen LogP contribution in [-0.4, -0.2) is 11.8 Å². The third kappa shape index (κ3) is 3.12. The second kappa shape index (κ2) is 5.81. The summed E-state index contributed by atoms with van der Waals surface area (Å²) in [5, 5.41) is 6.20. The molecule has 5 heteroatoms. The number of hydrogen-bond donors (Lipinski definition) is 2. The lowest BCUT2D eigenvalue weighted by Gasteiger charge is -2.10. The lowest BCUT2D eigenvalue weighted by Crippen LogP contribution is -2.19. The number of aryl methyl sites for hydroxylation is 1. The van der Waals surface area contributed by atoms with Crippen LogP contribution in [0, 0.1) is 6.92 Å². The Labute approximate surface area is 133 Å². The van der Waals surface area contributed by atoms with Crippen LogP contribution in [0.5, 0.6) is 0 Å². The van der Waals surface area contributed by atoms with Gasteiger partial charge in [0.05, 0.1) is 0 Å². The van der Waals surface area contributed by atoms with Gasteiger partial charge in [-0.25, -0.2) is 4.79 Å². The number of benzene rings is 2. The molecule has 2 aromatic carbocycles. The summed E-state index contributed by atoms with van der Waals surface area (Å²) in [5.74, 6) is 0.216. The van der Waals surface area contributed by atoms with E-state index in [1.54, 1.807) is 12.1 Å². The Bertz CT molecular complexity index is 771. The minimum Gasteiger partial charge on any atom is -0.308 e. The Hall–Kier alpha value is -2.33. The Kier molecular flexibility index (Phi) is 3.86. The van der Waals surface area contributed by atoms with Gasteiger partial charge in [0.25, 0.3) is 0 Å². The number of anilines is 2. The molecule has 22 heavy (non-hydrogen) atoms. The molecule has 0 saturated heterocycles. The minimum absolute atomic E-state index is 0.216. The number of urea groups is 1. The monoisotopic (exact) mass is 314 g/mol. The van der Waals surface area contributed by atoms with Crippen molar-refractivity contribution in [3.8, 4) is 0 Å². The molecule has 0 heterocycles. The van der Waals surface area contributed by atoms with E-state index in [4.69, 9.17) is 11.6 Å². The molecule has 4 nitrogen and oxygen atoms in total. The molecule has 0 fully saturated rings. The normalized spacial score (nSPS) is 12.9. The topological polar surface area (TPSA) is 58.2 Å². The number of halogens is 1. The van der Waals surface area contributed by atoms with E-state index in [-0.39, 0.29) is 11.8 Å². The number of hydrogen-bond acceptors (Lipinski definition) is 2. The summed E-state index contributed by atoms with van der Waals surface area (Å²) in [6.07, 6.45) is 0.939. The first kappa shape index (κ1) is 14.6. The van der Waals surface area contributed by atoms with Crippen molar-refractivity contribution in [1.29, 1.82) is 0 Å². The fraction of sp³-hybridized carbons (Fsp3) is 0.176. The number of rotatable bonds is 2. The zero-order valence-corrected chi connectivity index (χ0v) is 12.8. The number of nitrogens with one attached hydrogen (secondary N) is 2. The van der Waals surface area contributed by atoms with E-state index in [1.165, 1.54) is 0 Å². The van der Waals surface area contributed by atoms with Crippen molar-refractivity contribution >= 4 is 34.8 Å². The second-order valence-corrected chi connectivity index (χ2v) is 5.83. The van der Waals surface area contributed by atoms with Crippen molar-refractivity contribution in [2.24, 2.45) is 0 Å². The lowest BCUT2D eigenvalue weighted by molar-refractivity contribution is -0.117. The minimum atomic E-state index is -0.328. The fourth-order valence-electron chi connectivity index (χ4n) is 2.54. The summed E-state index contributed by atoms with van der Waals surface area (Å²) < 4.78 is 0. The molecule has 0 unspecified atom stereocenters. The smallest absolute Gasteiger partial charge is 0.308 e. The average molecular weight is 315 g/mol. The zero-order valence-electron chi connectivity index (χ0n) is 12.1. The van der Waals surface area contributed by atoms with Crippen LogP contribution < -0.4 is 10.6 Å². The Balaban J connectivity index is 1.68. The van der Waals surface area contributed by atoms with Gasteiger partial charge in [-0.3, -0.25) is 4.79 Å². The molecular weight excluding hydrogens is 300 g/mol. The van der Waals surface area contributed by atoms with E-state index in [0.29, 0.717) is 29.2 Å². The van der Waals surface area contributed by atoms with Crippen molar-refractivity contribution in [2.45, 2.75) is 19.8 Å². The third-order valence-electron chi connectivity index (χ3n) is 3.66. The van der Waals surface area contributed by atoms with Crippen LogP contribution in [0.15, 0.2) is 36.4 Å². The fourth-order valence-corrected chi connectivity index (χ4v) is 2.66. The van der Waals surface area contributed by atoms with Gasteiger partial charge in [-0.15, -0.1) is 0 Å². The SMILES string of the molecule is Cc1cc(NC(=O)Nc2ccc3c(c2)CC(=O)C3)ccc1Cl. The molecule has 112 valence electrons. The molecule has 0 aliphatic heterocycles. The maximum atomic E-state index is 12.0. The third-order valence-corrected chi connectivity index (χ3v) is 4.08. The summed E-state index contributed by atoms with van der Waals surface area (Å²) in [4.78, 5) is 23.4. The van der Waals surface area contributed by atoms with E-state index in [0.717, 1.165) is 16.7 Å². The summed E-state index contributed by atoms with van der Waals surface area (Å²) in [6.45, 7) is 1.88. The van der Waals surface area contributed by atoms with E-state index >= 15 is 0 Å². The van der Waals surface area contributed by atoms with Crippen LogP contribution in [-0.2, 0) is 17.6 Å². The summed E-state index contributed by atoms with van der Waals surface area (Å²) >= 11 is 5.96.